The summed E-state index contributed by atoms with van der Waals surface area (Å²) < 4.78 is 26.2. The minimum atomic E-state index is -2.73. The topological polar surface area (TPSA) is 20.3 Å². The first-order chi connectivity index (χ1) is 8.39. The smallest absolute Gasteiger partial charge is 0.267 e. The van der Waals surface area contributed by atoms with Crippen molar-refractivity contribution in [2.45, 2.75) is 32.1 Å². The van der Waals surface area contributed by atoms with E-state index < -0.39 is 12.5 Å². The van der Waals surface area contributed by atoms with Gasteiger partial charge in [0, 0.05) is 18.5 Å². The van der Waals surface area contributed by atoms with Gasteiger partial charge in [-0.1, -0.05) is 26.0 Å². The summed E-state index contributed by atoms with van der Waals surface area (Å²) in [6.07, 6.45) is -0.234. The van der Waals surface area contributed by atoms with E-state index in [2.05, 4.69) is 0 Å². The summed E-state index contributed by atoms with van der Waals surface area (Å²) in [6.45, 7) is 3.75. The summed E-state index contributed by atoms with van der Waals surface area (Å²) in [5.74, 6) is -2.71. The fraction of sp³-hybridized carbons (Fsp3) is 0.500. The van der Waals surface area contributed by atoms with Crippen LogP contribution in [0.2, 0.25) is 0 Å². The molecule has 18 heavy (non-hydrogen) atoms. The van der Waals surface area contributed by atoms with Crippen molar-refractivity contribution in [1.82, 2.24) is 4.90 Å². The number of amides is 1. The lowest BCUT2D eigenvalue weighted by molar-refractivity contribution is 0.0120. The van der Waals surface area contributed by atoms with Gasteiger partial charge in [-0.3, -0.25) is 4.79 Å². The monoisotopic (exact) mass is 253 g/mol. The first kappa shape index (κ1) is 13.0. The predicted molar refractivity (Wildman–Crippen MR) is 66.0 cm³/mol. The molecule has 1 aromatic carbocycles. The van der Waals surface area contributed by atoms with Crippen LogP contribution in [-0.4, -0.2) is 29.8 Å². The first-order valence-electron chi connectivity index (χ1n) is 6.16. The third-order valence-electron chi connectivity index (χ3n) is 3.26. The summed E-state index contributed by atoms with van der Waals surface area (Å²) in [5.41, 5.74) is 1.55. The van der Waals surface area contributed by atoms with Crippen LogP contribution < -0.4 is 0 Å². The third-order valence-corrected chi connectivity index (χ3v) is 3.26. The molecule has 1 heterocycles. The van der Waals surface area contributed by atoms with Gasteiger partial charge in [-0.2, -0.15) is 0 Å². The Balaban J connectivity index is 2.17. The molecule has 0 radical (unpaired) electrons. The molecule has 1 amide bonds. The highest BCUT2D eigenvalue weighted by Crippen LogP contribution is 2.28. The zero-order chi connectivity index (χ0) is 13.3. The van der Waals surface area contributed by atoms with E-state index in [0.717, 1.165) is 5.56 Å². The number of halogens is 2. The van der Waals surface area contributed by atoms with Crippen LogP contribution in [0.1, 0.15) is 42.1 Å². The van der Waals surface area contributed by atoms with E-state index in [1.807, 2.05) is 19.9 Å². The Morgan fingerprint density at radius 1 is 1.39 bits per heavy atom. The van der Waals surface area contributed by atoms with Crippen molar-refractivity contribution in [2.75, 3.05) is 13.1 Å². The van der Waals surface area contributed by atoms with E-state index in [0.29, 0.717) is 11.5 Å². The molecule has 2 rings (SSSR count). The molecule has 0 aromatic heterocycles. The summed E-state index contributed by atoms with van der Waals surface area (Å²) in [7, 11) is 0. The van der Waals surface area contributed by atoms with Crippen LogP contribution in [0.4, 0.5) is 8.78 Å². The van der Waals surface area contributed by atoms with E-state index in [-0.39, 0.29) is 18.9 Å². The quantitative estimate of drug-likeness (QED) is 0.792. The van der Waals surface area contributed by atoms with Gasteiger partial charge < -0.3 is 4.90 Å². The number of carbonyl (C=O) groups is 1. The Morgan fingerprint density at radius 3 is 2.67 bits per heavy atom. The number of hydrogen-bond donors (Lipinski definition) is 0. The Kier molecular flexibility index (Phi) is 3.37. The zero-order valence-electron chi connectivity index (χ0n) is 10.6. The fourth-order valence-corrected chi connectivity index (χ4v) is 2.12. The maximum absolute atomic E-state index is 13.1. The molecule has 98 valence electrons. The molecule has 0 unspecified atom stereocenters. The van der Waals surface area contributed by atoms with Crippen LogP contribution in [0.5, 0.6) is 0 Å². The number of hydrogen-bond acceptors (Lipinski definition) is 1. The molecule has 0 N–H and O–H groups in total. The van der Waals surface area contributed by atoms with Crippen molar-refractivity contribution in [3.05, 3.63) is 35.4 Å². The molecular weight excluding hydrogens is 236 g/mol. The lowest BCUT2D eigenvalue weighted by Gasteiger charge is -2.17. The molecule has 0 saturated carbocycles. The van der Waals surface area contributed by atoms with Crippen LogP contribution in [0.3, 0.4) is 0 Å². The van der Waals surface area contributed by atoms with Gasteiger partial charge in [0.2, 0.25) is 0 Å². The van der Waals surface area contributed by atoms with Gasteiger partial charge in [-0.15, -0.1) is 0 Å². The molecular formula is C14H17F2NO. The first-order valence-corrected chi connectivity index (χ1v) is 6.16. The Labute approximate surface area is 106 Å². The van der Waals surface area contributed by atoms with Gasteiger partial charge >= 0.3 is 0 Å². The number of benzene rings is 1. The van der Waals surface area contributed by atoms with E-state index in [1.165, 1.54) is 4.90 Å². The SMILES string of the molecule is CC(C)c1cccc(C(=O)N2CCC(F)(F)C2)c1. The minimum absolute atomic E-state index is 0.137. The van der Waals surface area contributed by atoms with Crippen molar-refractivity contribution in [3.63, 3.8) is 0 Å². The van der Waals surface area contributed by atoms with E-state index in [4.69, 9.17) is 0 Å². The Bertz CT molecular complexity index is 457. The minimum Gasteiger partial charge on any atom is -0.332 e. The molecule has 1 saturated heterocycles. The van der Waals surface area contributed by atoms with Gasteiger partial charge in [0.25, 0.3) is 11.8 Å². The van der Waals surface area contributed by atoms with E-state index >= 15 is 0 Å². The van der Waals surface area contributed by atoms with Gasteiger partial charge in [0.05, 0.1) is 6.54 Å². The fourth-order valence-electron chi connectivity index (χ4n) is 2.12. The number of nitrogens with zero attached hydrogens (tertiary/aromatic N) is 1. The van der Waals surface area contributed by atoms with Gasteiger partial charge in [0.1, 0.15) is 0 Å². The van der Waals surface area contributed by atoms with Gasteiger partial charge in [-0.25, -0.2) is 8.78 Å². The molecule has 0 spiro atoms. The third kappa shape index (κ3) is 2.68. The molecule has 1 aliphatic rings. The summed E-state index contributed by atoms with van der Waals surface area (Å²) in [5, 5.41) is 0. The highest BCUT2D eigenvalue weighted by molar-refractivity contribution is 5.94. The zero-order valence-corrected chi connectivity index (χ0v) is 10.6. The van der Waals surface area contributed by atoms with Crippen molar-refractivity contribution in [1.29, 1.82) is 0 Å². The normalized spacial score (nSPS) is 18.4. The molecule has 4 heteroatoms. The van der Waals surface area contributed by atoms with Gasteiger partial charge in [0.15, 0.2) is 0 Å². The number of alkyl halides is 2. The van der Waals surface area contributed by atoms with E-state index in [1.54, 1.807) is 18.2 Å². The van der Waals surface area contributed by atoms with Crippen LogP contribution in [-0.2, 0) is 0 Å². The second-order valence-corrected chi connectivity index (χ2v) is 5.11. The Hall–Kier alpha value is -1.45. The van der Waals surface area contributed by atoms with Crippen molar-refractivity contribution >= 4 is 5.91 Å². The molecule has 0 bridgehead atoms. The van der Waals surface area contributed by atoms with Crippen molar-refractivity contribution in [2.24, 2.45) is 0 Å². The summed E-state index contributed by atoms with van der Waals surface area (Å²) in [4.78, 5) is 13.3. The highest BCUT2D eigenvalue weighted by atomic mass is 19.3. The maximum atomic E-state index is 13.1. The Morgan fingerprint density at radius 2 is 2.11 bits per heavy atom. The average Bonchev–Trinajstić information content (AvgIpc) is 2.69. The standard InChI is InChI=1S/C14H17F2NO/c1-10(2)11-4-3-5-12(8-11)13(18)17-7-6-14(15,16)9-17/h3-5,8,10H,6-7,9H2,1-2H3. The molecule has 1 aliphatic heterocycles. The van der Waals surface area contributed by atoms with Crippen molar-refractivity contribution in [3.8, 4) is 0 Å². The maximum Gasteiger partial charge on any atom is 0.267 e. The second kappa shape index (κ2) is 4.67. The molecule has 0 aliphatic carbocycles. The molecule has 1 fully saturated rings. The second-order valence-electron chi connectivity index (χ2n) is 5.11. The number of rotatable bonds is 2. The summed E-state index contributed by atoms with van der Waals surface area (Å²) >= 11 is 0. The van der Waals surface area contributed by atoms with Crippen LogP contribution in [0.15, 0.2) is 24.3 Å². The molecule has 2 nitrogen and oxygen atoms in total. The van der Waals surface area contributed by atoms with Crippen molar-refractivity contribution < 1.29 is 13.6 Å². The molecule has 1 aromatic rings. The largest absolute Gasteiger partial charge is 0.332 e. The average molecular weight is 253 g/mol. The lowest BCUT2D eigenvalue weighted by Crippen LogP contribution is -2.31. The number of carbonyl (C=O) groups excluding carboxylic acids is 1. The molecule has 0 atom stereocenters. The summed E-state index contributed by atoms with van der Waals surface area (Å²) in [6, 6.07) is 7.23. The number of likely N-dealkylation sites (tertiary alicyclic amines) is 1. The predicted octanol–water partition coefficient (Wildman–Crippen LogP) is 3.29. The highest BCUT2D eigenvalue weighted by Gasteiger charge is 2.40. The van der Waals surface area contributed by atoms with Crippen LogP contribution >= 0.6 is 0 Å². The van der Waals surface area contributed by atoms with Gasteiger partial charge in [-0.05, 0) is 23.6 Å². The van der Waals surface area contributed by atoms with Crippen LogP contribution in [0.25, 0.3) is 0 Å². The lowest BCUT2D eigenvalue weighted by atomic mass is 10.0. The van der Waals surface area contributed by atoms with Crippen LogP contribution in [0, 0.1) is 0 Å². The van der Waals surface area contributed by atoms with E-state index in [9.17, 15) is 13.6 Å².